The van der Waals surface area contributed by atoms with Gasteiger partial charge in [0.15, 0.2) is 0 Å². The first-order chi connectivity index (χ1) is 9.17. The Morgan fingerprint density at radius 2 is 1.74 bits per heavy atom. The van der Waals surface area contributed by atoms with Gasteiger partial charge < -0.3 is 10.6 Å². The molecule has 0 bridgehead atoms. The summed E-state index contributed by atoms with van der Waals surface area (Å²) in [5, 5.41) is 7.52. The zero-order valence-electron chi connectivity index (χ0n) is 11.5. The van der Waals surface area contributed by atoms with Crippen LogP contribution in [0.2, 0.25) is 0 Å². The van der Waals surface area contributed by atoms with Gasteiger partial charge in [-0.2, -0.15) is 0 Å². The molecule has 1 aromatic carbocycles. The molecule has 0 radical (unpaired) electrons. The highest BCUT2D eigenvalue weighted by molar-refractivity contribution is 5.78. The molecule has 1 saturated carbocycles. The molecule has 19 heavy (non-hydrogen) atoms. The lowest BCUT2D eigenvalue weighted by molar-refractivity contribution is 0.231. The normalized spacial score (nSPS) is 21.5. The fourth-order valence-corrected chi connectivity index (χ4v) is 3.32. The minimum atomic E-state index is 0.336. The van der Waals surface area contributed by atoms with E-state index in [1.165, 1.54) is 24.0 Å². The minimum Gasteiger partial charge on any atom is -0.388 e. The maximum Gasteiger partial charge on any atom is 0.0911 e. The summed E-state index contributed by atoms with van der Waals surface area (Å²) in [6.07, 6.45) is 5.60. The van der Waals surface area contributed by atoms with Gasteiger partial charge in [-0.25, -0.2) is 0 Å². The molecule has 1 aliphatic carbocycles. The first-order valence-electron chi connectivity index (χ1n) is 7.29. The molecular formula is C16H23N3. The second-order valence-electron chi connectivity index (χ2n) is 6.25. The SMILES string of the molecule is N=C(N)CC1(CN2CCc3ccccc3CC2)CC1. The third-order valence-electron chi connectivity index (χ3n) is 4.59. The molecule has 0 aromatic heterocycles. The molecule has 1 aromatic rings. The Kier molecular flexibility index (Phi) is 3.31. The van der Waals surface area contributed by atoms with Crippen molar-refractivity contribution < 1.29 is 0 Å². The fraction of sp³-hybridized carbons (Fsp3) is 0.562. The molecule has 3 nitrogen and oxygen atoms in total. The number of hydrogen-bond acceptors (Lipinski definition) is 2. The van der Waals surface area contributed by atoms with Crippen molar-refractivity contribution in [3.63, 3.8) is 0 Å². The van der Waals surface area contributed by atoms with Gasteiger partial charge in [-0.3, -0.25) is 5.41 Å². The van der Waals surface area contributed by atoms with E-state index in [9.17, 15) is 0 Å². The summed E-state index contributed by atoms with van der Waals surface area (Å²) in [4.78, 5) is 2.58. The average molecular weight is 257 g/mol. The van der Waals surface area contributed by atoms with Crippen LogP contribution in [-0.4, -0.2) is 30.4 Å². The van der Waals surface area contributed by atoms with Crippen molar-refractivity contribution in [2.75, 3.05) is 19.6 Å². The average Bonchev–Trinajstić information content (AvgIpc) is 3.14. The Hall–Kier alpha value is -1.35. The second kappa shape index (κ2) is 4.97. The molecule has 1 fully saturated rings. The van der Waals surface area contributed by atoms with Gasteiger partial charge in [0.25, 0.3) is 0 Å². The van der Waals surface area contributed by atoms with Crippen molar-refractivity contribution in [2.45, 2.75) is 32.1 Å². The Morgan fingerprint density at radius 3 is 2.21 bits per heavy atom. The van der Waals surface area contributed by atoms with E-state index >= 15 is 0 Å². The van der Waals surface area contributed by atoms with E-state index in [0.717, 1.165) is 38.9 Å². The van der Waals surface area contributed by atoms with Gasteiger partial charge in [-0.15, -0.1) is 0 Å². The number of amidine groups is 1. The van der Waals surface area contributed by atoms with E-state index in [4.69, 9.17) is 11.1 Å². The summed E-state index contributed by atoms with van der Waals surface area (Å²) in [6, 6.07) is 8.82. The number of nitrogens with zero attached hydrogens (tertiary/aromatic N) is 1. The molecule has 0 spiro atoms. The largest absolute Gasteiger partial charge is 0.388 e. The number of rotatable bonds is 4. The van der Waals surface area contributed by atoms with E-state index in [1.807, 2.05) is 0 Å². The van der Waals surface area contributed by atoms with E-state index in [0.29, 0.717) is 11.3 Å². The van der Waals surface area contributed by atoms with Crippen LogP contribution in [0.4, 0.5) is 0 Å². The molecule has 0 atom stereocenters. The lowest BCUT2D eigenvalue weighted by Gasteiger charge is -2.25. The third-order valence-corrected chi connectivity index (χ3v) is 4.59. The molecular weight excluding hydrogens is 234 g/mol. The maximum absolute atomic E-state index is 7.52. The molecule has 3 rings (SSSR count). The minimum absolute atomic E-state index is 0.336. The number of hydrogen-bond donors (Lipinski definition) is 2. The molecule has 1 heterocycles. The highest BCUT2D eigenvalue weighted by Gasteiger charge is 2.44. The van der Waals surface area contributed by atoms with Crippen molar-refractivity contribution >= 4 is 5.84 Å². The van der Waals surface area contributed by atoms with E-state index in [1.54, 1.807) is 0 Å². The number of nitrogens with one attached hydrogen (secondary N) is 1. The predicted molar refractivity (Wildman–Crippen MR) is 78.5 cm³/mol. The molecule has 3 N–H and O–H groups in total. The van der Waals surface area contributed by atoms with Gasteiger partial charge in [0.2, 0.25) is 0 Å². The van der Waals surface area contributed by atoms with Gasteiger partial charge in [0.1, 0.15) is 0 Å². The summed E-state index contributed by atoms with van der Waals surface area (Å²) < 4.78 is 0. The van der Waals surface area contributed by atoms with Crippen LogP contribution in [0.5, 0.6) is 0 Å². The predicted octanol–water partition coefficient (Wildman–Crippen LogP) is 2.19. The summed E-state index contributed by atoms with van der Waals surface area (Å²) in [5.74, 6) is 0.357. The van der Waals surface area contributed by atoms with Gasteiger partial charge in [0.05, 0.1) is 5.84 Å². The highest BCUT2D eigenvalue weighted by Crippen LogP contribution is 2.49. The van der Waals surface area contributed by atoms with E-state index in [2.05, 4.69) is 29.2 Å². The Morgan fingerprint density at radius 1 is 1.16 bits per heavy atom. The summed E-state index contributed by atoms with van der Waals surface area (Å²) >= 11 is 0. The zero-order valence-corrected chi connectivity index (χ0v) is 11.5. The molecule has 102 valence electrons. The van der Waals surface area contributed by atoms with Crippen LogP contribution in [-0.2, 0) is 12.8 Å². The van der Waals surface area contributed by atoms with Crippen LogP contribution >= 0.6 is 0 Å². The lowest BCUT2D eigenvalue weighted by Crippen LogP contribution is -2.34. The van der Waals surface area contributed by atoms with Crippen molar-refractivity contribution in [1.82, 2.24) is 4.90 Å². The first-order valence-corrected chi connectivity index (χ1v) is 7.29. The van der Waals surface area contributed by atoms with Crippen LogP contribution in [0.3, 0.4) is 0 Å². The molecule has 0 amide bonds. The third kappa shape index (κ3) is 2.98. The lowest BCUT2D eigenvalue weighted by atomic mass is 10.0. The van der Waals surface area contributed by atoms with Gasteiger partial charge in [0, 0.05) is 26.1 Å². The molecule has 0 saturated heterocycles. The summed E-state index contributed by atoms with van der Waals surface area (Å²) in [5.41, 5.74) is 8.95. The molecule has 0 unspecified atom stereocenters. The number of benzene rings is 1. The summed E-state index contributed by atoms with van der Waals surface area (Å²) in [7, 11) is 0. The van der Waals surface area contributed by atoms with Crippen molar-refractivity contribution in [2.24, 2.45) is 11.1 Å². The zero-order chi connectivity index (χ0) is 13.3. The standard InChI is InChI=1S/C16H23N3/c17-15(18)11-16(7-8-16)12-19-9-5-13-3-1-2-4-14(13)6-10-19/h1-4H,5-12H2,(H3,17,18). The van der Waals surface area contributed by atoms with Crippen LogP contribution in [0, 0.1) is 10.8 Å². The maximum atomic E-state index is 7.52. The molecule has 1 aliphatic heterocycles. The monoisotopic (exact) mass is 257 g/mol. The number of fused-ring (bicyclic) bond motifs is 1. The quantitative estimate of drug-likeness (QED) is 0.642. The molecule has 2 aliphatic rings. The highest BCUT2D eigenvalue weighted by atomic mass is 15.1. The Bertz CT molecular complexity index is 450. The fourth-order valence-electron chi connectivity index (χ4n) is 3.32. The van der Waals surface area contributed by atoms with Crippen LogP contribution in [0.25, 0.3) is 0 Å². The Balaban J connectivity index is 1.62. The van der Waals surface area contributed by atoms with Gasteiger partial charge >= 0.3 is 0 Å². The summed E-state index contributed by atoms with van der Waals surface area (Å²) in [6.45, 7) is 3.42. The van der Waals surface area contributed by atoms with Crippen molar-refractivity contribution in [1.29, 1.82) is 5.41 Å². The number of nitrogens with two attached hydrogens (primary N) is 1. The smallest absolute Gasteiger partial charge is 0.0911 e. The van der Waals surface area contributed by atoms with Gasteiger partial charge in [-0.05, 0) is 42.2 Å². The van der Waals surface area contributed by atoms with E-state index < -0.39 is 0 Å². The Labute approximate surface area is 115 Å². The first kappa shape index (κ1) is 12.7. The second-order valence-corrected chi connectivity index (χ2v) is 6.25. The molecule has 3 heteroatoms. The van der Waals surface area contributed by atoms with Crippen LogP contribution in [0.1, 0.15) is 30.4 Å². The van der Waals surface area contributed by atoms with E-state index in [-0.39, 0.29) is 0 Å². The van der Waals surface area contributed by atoms with Crippen molar-refractivity contribution in [3.05, 3.63) is 35.4 Å². The van der Waals surface area contributed by atoms with Crippen LogP contribution < -0.4 is 5.73 Å². The van der Waals surface area contributed by atoms with Crippen LogP contribution in [0.15, 0.2) is 24.3 Å². The topological polar surface area (TPSA) is 53.1 Å². The van der Waals surface area contributed by atoms with Gasteiger partial charge in [-0.1, -0.05) is 24.3 Å². The van der Waals surface area contributed by atoms with Crippen molar-refractivity contribution in [3.8, 4) is 0 Å².